The number of pyridine rings is 1. The lowest BCUT2D eigenvalue weighted by molar-refractivity contribution is 0.507. The molecule has 2 rings (SSSR count). The molecule has 0 amide bonds. The van der Waals surface area contributed by atoms with Gasteiger partial charge >= 0.3 is 0 Å². The summed E-state index contributed by atoms with van der Waals surface area (Å²) in [5.74, 6) is 6.01. The minimum absolute atomic E-state index is 0.0540. The van der Waals surface area contributed by atoms with Gasteiger partial charge in [0.2, 0.25) is 0 Å². The summed E-state index contributed by atoms with van der Waals surface area (Å²) in [6.07, 6.45) is 3.04. The fraction of sp³-hybridized carbons (Fsp3) is 0.400. The predicted octanol–water partition coefficient (Wildman–Crippen LogP) is 1.95. The number of hydrazine groups is 1. The van der Waals surface area contributed by atoms with Crippen LogP contribution in [0.15, 0.2) is 36.5 Å². The van der Waals surface area contributed by atoms with Crippen LogP contribution >= 0.6 is 0 Å². The summed E-state index contributed by atoms with van der Waals surface area (Å²) < 4.78 is 23.0. The zero-order valence-corrected chi connectivity index (χ0v) is 12.9. The van der Waals surface area contributed by atoms with Crippen molar-refractivity contribution in [2.24, 2.45) is 5.84 Å². The Hall–Kier alpha value is -1.50. The van der Waals surface area contributed by atoms with Crippen LogP contribution < -0.4 is 11.3 Å². The van der Waals surface area contributed by atoms with Crippen LogP contribution in [-0.2, 0) is 9.84 Å². The van der Waals surface area contributed by atoms with Gasteiger partial charge in [-0.1, -0.05) is 19.1 Å². The van der Waals surface area contributed by atoms with Crippen LogP contribution in [0.1, 0.15) is 31.4 Å². The quantitative estimate of drug-likeness (QED) is 0.603. The number of sulfone groups is 1. The first kappa shape index (κ1) is 15.9. The van der Waals surface area contributed by atoms with E-state index in [0.29, 0.717) is 12.8 Å². The van der Waals surface area contributed by atoms with Gasteiger partial charge in [-0.15, -0.1) is 0 Å². The number of hydrogen-bond donors (Lipinski definition) is 2. The van der Waals surface area contributed by atoms with Gasteiger partial charge in [0.1, 0.15) is 9.84 Å². The molecule has 0 spiro atoms. The molecule has 0 radical (unpaired) electrons. The smallest absolute Gasteiger partial charge is 0.150 e. The molecular weight excluding hydrogens is 286 g/mol. The van der Waals surface area contributed by atoms with Crippen molar-refractivity contribution < 1.29 is 8.42 Å². The fourth-order valence-corrected chi connectivity index (χ4v) is 3.20. The van der Waals surface area contributed by atoms with Crippen LogP contribution in [0.5, 0.6) is 0 Å². The van der Waals surface area contributed by atoms with E-state index >= 15 is 0 Å². The van der Waals surface area contributed by atoms with Crippen LogP contribution in [0.2, 0.25) is 0 Å². The first-order valence-corrected chi connectivity index (χ1v) is 8.89. The highest BCUT2D eigenvalue weighted by Crippen LogP contribution is 2.22. The van der Waals surface area contributed by atoms with E-state index in [2.05, 4.69) is 10.4 Å². The Morgan fingerprint density at radius 2 is 2.14 bits per heavy atom. The molecule has 0 aliphatic heterocycles. The molecule has 3 N–H and O–H groups in total. The molecule has 2 aromatic rings. The van der Waals surface area contributed by atoms with Crippen LogP contribution in [-0.4, -0.2) is 24.9 Å². The summed E-state index contributed by atoms with van der Waals surface area (Å²) in [7, 11) is -2.92. The normalized spacial score (nSPS) is 13.4. The molecule has 1 aromatic heterocycles. The molecule has 21 heavy (non-hydrogen) atoms. The van der Waals surface area contributed by atoms with Crippen LogP contribution in [0.4, 0.5) is 0 Å². The molecule has 0 saturated carbocycles. The van der Waals surface area contributed by atoms with E-state index in [1.807, 2.05) is 30.3 Å². The number of hydrogen-bond acceptors (Lipinski definition) is 5. The molecule has 0 aliphatic rings. The van der Waals surface area contributed by atoms with Crippen molar-refractivity contribution in [2.75, 3.05) is 11.5 Å². The van der Waals surface area contributed by atoms with Gasteiger partial charge in [0.15, 0.2) is 0 Å². The lowest BCUT2D eigenvalue weighted by Gasteiger charge is -2.16. The molecular formula is C15H21N3O2S. The monoisotopic (exact) mass is 307 g/mol. The van der Waals surface area contributed by atoms with E-state index in [-0.39, 0.29) is 17.5 Å². The second-order valence-electron chi connectivity index (χ2n) is 5.05. The lowest BCUT2D eigenvalue weighted by Crippen LogP contribution is -2.28. The molecule has 0 aliphatic carbocycles. The minimum Gasteiger partial charge on any atom is -0.271 e. The van der Waals surface area contributed by atoms with Crippen molar-refractivity contribution in [1.82, 2.24) is 10.4 Å². The molecule has 0 fully saturated rings. The number of fused-ring (bicyclic) bond motifs is 1. The first-order valence-electron chi connectivity index (χ1n) is 7.07. The summed E-state index contributed by atoms with van der Waals surface area (Å²) in [5, 5.41) is 1.05. The van der Waals surface area contributed by atoms with Crippen LogP contribution in [0.25, 0.3) is 10.9 Å². The van der Waals surface area contributed by atoms with E-state index < -0.39 is 9.84 Å². The minimum atomic E-state index is -2.92. The molecule has 0 bridgehead atoms. The Labute approximate surface area is 125 Å². The molecule has 1 aromatic carbocycles. The second kappa shape index (κ2) is 6.98. The van der Waals surface area contributed by atoms with Gasteiger partial charge in [-0.2, -0.15) is 0 Å². The number of rotatable bonds is 7. The molecule has 1 unspecified atom stereocenters. The molecule has 114 valence electrons. The Morgan fingerprint density at radius 3 is 2.86 bits per heavy atom. The maximum Gasteiger partial charge on any atom is 0.150 e. The van der Waals surface area contributed by atoms with Gasteiger partial charge in [0.05, 0.1) is 11.3 Å². The average Bonchev–Trinajstić information content (AvgIpc) is 2.51. The number of benzene rings is 1. The van der Waals surface area contributed by atoms with Crippen LogP contribution in [0.3, 0.4) is 0 Å². The highest BCUT2D eigenvalue weighted by Gasteiger charge is 2.13. The molecule has 1 heterocycles. The van der Waals surface area contributed by atoms with Crippen LogP contribution in [0, 0.1) is 0 Å². The zero-order chi connectivity index (χ0) is 15.3. The van der Waals surface area contributed by atoms with Gasteiger partial charge in [-0.05, 0) is 36.6 Å². The summed E-state index contributed by atoms with van der Waals surface area (Å²) in [6.45, 7) is 1.67. The highest BCUT2D eigenvalue weighted by molar-refractivity contribution is 7.91. The van der Waals surface area contributed by atoms with Gasteiger partial charge in [-0.25, -0.2) is 8.42 Å². The van der Waals surface area contributed by atoms with E-state index in [9.17, 15) is 8.42 Å². The van der Waals surface area contributed by atoms with Gasteiger partial charge < -0.3 is 0 Å². The maximum atomic E-state index is 11.5. The second-order valence-corrected chi connectivity index (χ2v) is 7.53. The molecule has 0 saturated heterocycles. The fourth-order valence-electron chi connectivity index (χ4n) is 2.31. The molecule has 6 heteroatoms. The zero-order valence-electron chi connectivity index (χ0n) is 12.1. The average molecular weight is 307 g/mol. The van der Waals surface area contributed by atoms with E-state index in [1.54, 1.807) is 13.1 Å². The van der Waals surface area contributed by atoms with Crippen molar-refractivity contribution in [3.63, 3.8) is 0 Å². The third-order valence-corrected chi connectivity index (χ3v) is 5.41. The Kier molecular flexibility index (Phi) is 5.27. The van der Waals surface area contributed by atoms with E-state index in [1.165, 1.54) is 0 Å². The van der Waals surface area contributed by atoms with Gasteiger partial charge in [-0.3, -0.25) is 16.3 Å². The summed E-state index contributed by atoms with van der Waals surface area (Å²) in [6, 6.07) is 9.82. The topological polar surface area (TPSA) is 85.1 Å². The Bertz CT molecular complexity index is 701. The Balaban J connectivity index is 2.08. The largest absolute Gasteiger partial charge is 0.271 e. The third kappa shape index (κ3) is 4.23. The third-order valence-electron chi connectivity index (χ3n) is 3.62. The number of nitrogens with two attached hydrogens (primary N) is 1. The van der Waals surface area contributed by atoms with Crippen molar-refractivity contribution in [3.05, 3.63) is 42.1 Å². The first-order chi connectivity index (χ1) is 10.1. The highest BCUT2D eigenvalue weighted by atomic mass is 32.2. The lowest BCUT2D eigenvalue weighted by atomic mass is 10.0. The van der Waals surface area contributed by atoms with Crippen molar-refractivity contribution in [3.8, 4) is 0 Å². The SMILES string of the molecule is CCS(=O)(=O)CCCC(NN)c1ccc2ncccc2c1. The standard InChI is InChI=1S/C15H21N3O2S/c1-2-21(19,20)10-4-6-15(18-16)13-7-8-14-12(11-13)5-3-9-17-14/h3,5,7-9,11,15,18H,2,4,6,10,16H2,1H3. The molecule has 5 nitrogen and oxygen atoms in total. The number of nitrogens with one attached hydrogen (secondary N) is 1. The van der Waals surface area contributed by atoms with Crippen molar-refractivity contribution in [1.29, 1.82) is 0 Å². The van der Waals surface area contributed by atoms with Crippen molar-refractivity contribution >= 4 is 20.7 Å². The Morgan fingerprint density at radius 1 is 1.33 bits per heavy atom. The van der Waals surface area contributed by atoms with E-state index in [0.717, 1.165) is 16.5 Å². The number of nitrogens with zero attached hydrogens (tertiary/aromatic N) is 1. The predicted molar refractivity (Wildman–Crippen MR) is 85.4 cm³/mol. The van der Waals surface area contributed by atoms with Crippen molar-refractivity contribution in [2.45, 2.75) is 25.8 Å². The summed E-state index contributed by atoms with van der Waals surface area (Å²) in [5.41, 5.74) is 4.76. The van der Waals surface area contributed by atoms with Gasteiger partial charge in [0, 0.05) is 23.4 Å². The maximum absolute atomic E-state index is 11.5. The van der Waals surface area contributed by atoms with E-state index in [4.69, 9.17) is 5.84 Å². The van der Waals surface area contributed by atoms with Gasteiger partial charge in [0.25, 0.3) is 0 Å². The summed E-state index contributed by atoms with van der Waals surface area (Å²) >= 11 is 0. The number of aromatic nitrogens is 1. The molecule has 1 atom stereocenters. The summed E-state index contributed by atoms with van der Waals surface area (Å²) in [4.78, 5) is 4.28.